The molecule has 1 fully saturated rings. The van der Waals surface area contributed by atoms with Gasteiger partial charge in [0.1, 0.15) is 0 Å². The predicted octanol–water partition coefficient (Wildman–Crippen LogP) is 2.19. The van der Waals surface area contributed by atoms with Crippen LogP contribution < -0.4 is 5.73 Å². The van der Waals surface area contributed by atoms with E-state index in [1.807, 2.05) is 26.4 Å². The van der Waals surface area contributed by atoms with Crippen molar-refractivity contribution in [3.05, 3.63) is 18.2 Å². The fraction of sp³-hybridized carbons (Fsp3) is 0.727. The summed E-state index contributed by atoms with van der Waals surface area (Å²) in [6.45, 7) is 4.07. The normalized spacial score (nSPS) is 19.1. The molecule has 78 valence electrons. The summed E-state index contributed by atoms with van der Waals surface area (Å²) >= 11 is 0. The second-order valence-corrected chi connectivity index (χ2v) is 4.85. The molecule has 14 heavy (non-hydrogen) atoms. The quantitative estimate of drug-likeness (QED) is 0.782. The summed E-state index contributed by atoms with van der Waals surface area (Å²) in [5.41, 5.74) is 6.99. The second kappa shape index (κ2) is 3.39. The molecule has 0 amide bonds. The third-order valence-corrected chi connectivity index (χ3v) is 3.04. The van der Waals surface area contributed by atoms with E-state index in [2.05, 4.69) is 9.55 Å². The molecule has 0 aliphatic heterocycles. The van der Waals surface area contributed by atoms with Crippen molar-refractivity contribution in [2.45, 2.75) is 51.1 Å². The average molecular weight is 193 g/mol. The molecule has 0 aromatic carbocycles. The van der Waals surface area contributed by atoms with Crippen LogP contribution in [0.25, 0.3) is 0 Å². The minimum atomic E-state index is -0.279. The van der Waals surface area contributed by atoms with Crippen LogP contribution in [0.2, 0.25) is 0 Å². The summed E-state index contributed by atoms with van der Waals surface area (Å²) in [5, 5.41) is 0. The zero-order chi connectivity index (χ0) is 10.2. The van der Waals surface area contributed by atoms with Gasteiger partial charge in [0.25, 0.3) is 0 Å². The van der Waals surface area contributed by atoms with Crippen LogP contribution in [0.15, 0.2) is 12.5 Å². The highest BCUT2D eigenvalue weighted by molar-refractivity contribution is 5.11. The van der Waals surface area contributed by atoms with Crippen LogP contribution in [0.3, 0.4) is 0 Å². The van der Waals surface area contributed by atoms with Crippen LogP contribution in [-0.4, -0.2) is 9.55 Å². The smallest absolute Gasteiger partial charge is 0.0951 e. The average Bonchev–Trinajstić information content (AvgIpc) is 2.73. The van der Waals surface area contributed by atoms with Crippen molar-refractivity contribution in [3.63, 3.8) is 0 Å². The Hall–Kier alpha value is -0.830. The monoisotopic (exact) mass is 193 g/mol. The number of nitrogens with zero attached hydrogens (tertiary/aromatic N) is 2. The standard InChI is InChI=1S/C11H19N3/c1-11(2,12)10-7-13-8-14(10)9-5-3-4-6-9/h7-9H,3-6,12H2,1-2H3. The number of aromatic nitrogens is 2. The van der Waals surface area contributed by atoms with Gasteiger partial charge in [-0.1, -0.05) is 12.8 Å². The van der Waals surface area contributed by atoms with E-state index in [1.165, 1.54) is 25.7 Å². The molecular weight excluding hydrogens is 174 g/mol. The Labute approximate surface area is 85.3 Å². The van der Waals surface area contributed by atoms with Gasteiger partial charge in [0.15, 0.2) is 0 Å². The van der Waals surface area contributed by atoms with Crippen molar-refractivity contribution in [1.82, 2.24) is 9.55 Å². The summed E-state index contributed by atoms with van der Waals surface area (Å²) in [7, 11) is 0. The molecule has 1 aromatic heterocycles. The van der Waals surface area contributed by atoms with E-state index in [4.69, 9.17) is 5.73 Å². The topological polar surface area (TPSA) is 43.8 Å². The highest BCUT2D eigenvalue weighted by Crippen LogP contribution is 2.32. The van der Waals surface area contributed by atoms with E-state index >= 15 is 0 Å². The van der Waals surface area contributed by atoms with Gasteiger partial charge in [0.05, 0.1) is 17.6 Å². The lowest BCUT2D eigenvalue weighted by Crippen LogP contribution is -2.32. The van der Waals surface area contributed by atoms with Crippen LogP contribution in [-0.2, 0) is 5.54 Å². The molecule has 3 nitrogen and oxygen atoms in total. The van der Waals surface area contributed by atoms with Gasteiger partial charge in [-0.15, -0.1) is 0 Å². The molecule has 0 saturated heterocycles. The minimum absolute atomic E-state index is 0.279. The lowest BCUT2D eigenvalue weighted by atomic mass is 10.0. The molecule has 1 saturated carbocycles. The molecule has 1 aliphatic rings. The molecule has 3 heteroatoms. The van der Waals surface area contributed by atoms with E-state index < -0.39 is 0 Å². The Kier molecular flexibility index (Phi) is 2.35. The maximum absolute atomic E-state index is 6.11. The maximum atomic E-state index is 6.11. The number of hydrogen-bond donors (Lipinski definition) is 1. The Bertz CT molecular complexity index is 303. The van der Waals surface area contributed by atoms with Crippen LogP contribution in [0, 0.1) is 0 Å². The minimum Gasteiger partial charge on any atom is -0.330 e. The van der Waals surface area contributed by atoms with Crippen molar-refractivity contribution in [3.8, 4) is 0 Å². The summed E-state index contributed by atoms with van der Waals surface area (Å²) in [4.78, 5) is 4.22. The molecule has 1 aromatic rings. The van der Waals surface area contributed by atoms with Gasteiger partial charge in [-0.2, -0.15) is 0 Å². The van der Waals surface area contributed by atoms with Crippen molar-refractivity contribution in [2.24, 2.45) is 5.73 Å². The first-order chi connectivity index (χ1) is 6.59. The molecular formula is C11H19N3. The second-order valence-electron chi connectivity index (χ2n) is 4.85. The van der Waals surface area contributed by atoms with E-state index in [1.54, 1.807) is 0 Å². The van der Waals surface area contributed by atoms with Gasteiger partial charge in [0.2, 0.25) is 0 Å². The lowest BCUT2D eigenvalue weighted by molar-refractivity contribution is 0.436. The zero-order valence-electron chi connectivity index (χ0n) is 9.03. The molecule has 2 N–H and O–H groups in total. The molecule has 0 radical (unpaired) electrons. The molecule has 0 atom stereocenters. The highest BCUT2D eigenvalue weighted by Gasteiger charge is 2.24. The van der Waals surface area contributed by atoms with Crippen molar-refractivity contribution in [2.75, 3.05) is 0 Å². The fourth-order valence-electron chi connectivity index (χ4n) is 2.28. The SMILES string of the molecule is CC(C)(N)c1cncn1C1CCCC1. The van der Waals surface area contributed by atoms with Gasteiger partial charge in [-0.05, 0) is 26.7 Å². The fourth-order valence-corrected chi connectivity index (χ4v) is 2.28. The Morgan fingerprint density at radius 1 is 1.43 bits per heavy atom. The van der Waals surface area contributed by atoms with Gasteiger partial charge in [0, 0.05) is 12.2 Å². The third kappa shape index (κ3) is 1.69. The predicted molar refractivity (Wildman–Crippen MR) is 56.9 cm³/mol. The van der Waals surface area contributed by atoms with Crippen molar-refractivity contribution < 1.29 is 0 Å². The van der Waals surface area contributed by atoms with Crippen molar-refractivity contribution >= 4 is 0 Å². The first kappa shape index (κ1) is 9.71. The number of rotatable bonds is 2. The van der Waals surface area contributed by atoms with E-state index in [0.717, 1.165) is 5.69 Å². The lowest BCUT2D eigenvalue weighted by Gasteiger charge is -2.24. The van der Waals surface area contributed by atoms with Crippen LogP contribution in [0.1, 0.15) is 51.3 Å². The Balaban J connectivity index is 2.29. The van der Waals surface area contributed by atoms with Crippen LogP contribution in [0.5, 0.6) is 0 Å². The summed E-state index contributed by atoms with van der Waals surface area (Å²) in [6.07, 6.45) is 9.07. The Morgan fingerprint density at radius 2 is 2.07 bits per heavy atom. The summed E-state index contributed by atoms with van der Waals surface area (Å²) in [6, 6.07) is 0.635. The molecule has 1 aliphatic carbocycles. The first-order valence-electron chi connectivity index (χ1n) is 5.40. The maximum Gasteiger partial charge on any atom is 0.0951 e. The molecule has 1 heterocycles. The van der Waals surface area contributed by atoms with Gasteiger partial charge in [-0.3, -0.25) is 0 Å². The third-order valence-electron chi connectivity index (χ3n) is 3.04. The van der Waals surface area contributed by atoms with E-state index in [9.17, 15) is 0 Å². The van der Waals surface area contributed by atoms with Gasteiger partial charge < -0.3 is 10.3 Å². The number of nitrogens with two attached hydrogens (primary N) is 1. The molecule has 0 unspecified atom stereocenters. The Morgan fingerprint density at radius 3 is 2.64 bits per heavy atom. The van der Waals surface area contributed by atoms with E-state index in [0.29, 0.717) is 6.04 Å². The van der Waals surface area contributed by atoms with Gasteiger partial charge in [-0.25, -0.2) is 4.98 Å². The molecule has 0 bridgehead atoms. The molecule has 0 spiro atoms. The first-order valence-corrected chi connectivity index (χ1v) is 5.40. The summed E-state index contributed by atoms with van der Waals surface area (Å²) < 4.78 is 2.27. The molecule has 2 rings (SSSR count). The highest BCUT2D eigenvalue weighted by atomic mass is 15.1. The number of hydrogen-bond acceptors (Lipinski definition) is 2. The zero-order valence-corrected chi connectivity index (χ0v) is 9.03. The van der Waals surface area contributed by atoms with Gasteiger partial charge >= 0.3 is 0 Å². The number of imidazole rings is 1. The van der Waals surface area contributed by atoms with Crippen LogP contribution in [0.4, 0.5) is 0 Å². The van der Waals surface area contributed by atoms with Crippen molar-refractivity contribution in [1.29, 1.82) is 0 Å². The summed E-state index contributed by atoms with van der Waals surface area (Å²) in [5.74, 6) is 0. The van der Waals surface area contributed by atoms with E-state index in [-0.39, 0.29) is 5.54 Å². The largest absolute Gasteiger partial charge is 0.330 e. The van der Waals surface area contributed by atoms with Crippen LogP contribution >= 0.6 is 0 Å².